The molecule has 3 fully saturated rings. The van der Waals surface area contributed by atoms with E-state index in [9.17, 15) is 19.5 Å². The lowest BCUT2D eigenvalue weighted by Gasteiger charge is -2.39. The summed E-state index contributed by atoms with van der Waals surface area (Å²) in [5.41, 5.74) is -0.484. The maximum Gasteiger partial charge on any atom is 0.312 e. The van der Waals surface area contributed by atoms with Crippen molar-refractivity contribution in [3.05, 3.63) is 48.6 Å². The van der Waals surface area contributed by atoms with Gasteiger partial charge in [0.25, 0.3) is 0 Å². The monoisotopic (exact) mass is 562 g/mol. The van der Waals surface area contributed by atoms with E-state index in [1.807, 2.05) is 30.3 Å². The molecule has 1 aromatic carbocycles. The van der Waals surface area contributed by atoms with Crippen molar-refractivity contribution in [2.75, 3.05) is 26.3 Å². The molecular formula is C27H35BrN2O6. The summed E-state index contributed by atoms with van der Waals surface area (Å²) in [6, 6.07) is 7.42. The van der Waals surface area contributed by atoms with E-state index in [0.29, 0.717) is 25.1 Å². The first-order valence-corrected chi connectivity index (χ1v) is 13.6. The normalized spacial score (nSPS) is 31.3. The highest BCUT2D eigenvalue weighted by molar-refractivity contribution is 9.09. The van der Waals surface area contributed by atoms with Crippen LogP contribution < -0.4 is 0 Å². The van der Waals surface area contributed by atoms with Crippen molar-refractivity contribution in [2.24, 2.45) is 11.8 Å². The Labute approximate surface area is 220 Å². The number of nitrogens with zero attached hydrogens (tertiary/aromatic N) is 2. The molecule has 0 radical (unpaired) electrons. The van der Waals surface area contributed by atoms with Crippen LogP contribution in [0.15, 0.2) is 43.0 Å². The van der Waals surface area contributed by atoms with Gasteiger partial charge >= 0.3 is 5.97 Å². The number of halogens is 1. The van der Waals surface area contributed by atoms with Gasteiger partial charge in [-0.25, -0.2) is 0 Å². The van der Waals surface area contributed by atoms with Gasteiger partial charge in [-0.3, -0.25) is 14.4 Å². The number of fused-ring (bicyclic) bond motifs is 1. The molecule has 8 nitrogen and oxygen atoms in total. The number of carbonyl (C=O) groups excluding carboxylic acids is 3. The second-order valence-corrected chi connectivity index (χ2v) is 10.9. The number of rotatable bonds is 11. The molecule has 36 heavy (non-hydrogen) atoms. The van der Waals surface area contributed by atoms with E-state index in [1.165, 1.54) is 4.90 Å². The average molecular weight is 563 g/mol. The fraction of sp³-hybridized carbons (Fsp3) is 0.593. The number of aliphatic hydroxyl groups is 1. The first-order valence-electron chi connectivity index (χ1n) is 12.7. The summed E-state index contributed by atoms with van der Waals surface area (Å²) in [7, 11) is 0. The van der Waals surface area contributed by atoms with Gasteiger partial charge in [-0.2, -0.15) is 0 Å². The number of aliphatic hydroxyl groups excluding tert-OH is 1. The number of amides is 2. The van der Waals surface area contributed by atoms with Crippen molar-refractivity contribution in [3.63, 3.8) is 0 Å². The van der Waals surface area contributed by atoms with E-state index >= 15 is 0 Å². The summed E-state index contributed by atoms with van der Waals surface area (Å²) < 4.78 is 11.9. The van der Waals surface area contributed by atoms with Crippen molar-refractivity contribution < 1.29 is 29.0 Å². The third-order valence-corrected chi connectivity index (χ3v) is 8.50. The Hall–Kier alpha value is -2.23. The molecule has 4 rings (SSSR count). The van der Waals surface area contributed by atoms with E-state index in [4.69, 9.17) is 9.47 Å². The summed E-state index contributed by atoms with van der Waals surface area (Å²) in [6.07, 6.45) is 3.21. The Bertz CT molecular complexity index is 990. The number of ether oxygens (including phenoxy) is 2. The topological polar surface area (TPSA) is 96.4 Å². The predicted octanol–water partition coefficient (Wildman–Crippen LogP) is 2.85. The fourth-order valence-corrected chi connectivity index (χ4v) is 7.13. The first kappa shape index (κ1) is 26.8. The number of alkyl halides is 1. The summed E-state index contributed by atoms with van der Waals surface area (Å²) >= 11 is 3.66. The molecule has 196 valence electrons. The molecule has 2 bridgehead atoms. The van der Waals surface area contributed by atoms with Crippen LogP contribution in [0, 0.1) is 11.8 Å². The number of esters is 1. The average Bonchev–Trinajstić information content (AvgIpc) is 3.46. The second-order valence-electron chi connectivity index (χ2n) is 9.70. The molecule has 1 N–H and O–H groups in total. The van der Waals surface area contributed by atoms with Crippen molar-refractivity contribution in [3.8, 4) is 0 Å². The maximum atomic E-state index is 14.3. The van der Waals surface area contributed by atoms with Gasteiger partial charge in [0.1, 0.15) is 11.6 Å². The Morgan fingerprint density at radius 1 is 1.36 bits per heavy atom. The molecule has 7 atom stereocenters. The minimum Gasteiger partial charge on any atom is -0.466 e. The lowest BCUT2D eigenvalue weighted by molar-refractivity contribution is -0.156. The van der Waals surface area contributed by atoms with Gasteiger partial charge in [-0.05, 0) is 25.3 Å². The number of carbonyl (C=O) groups is 3. The van der Waals surface area contributed by atoms with Gasteiger partial charge in [0.05, 0.1) is 37.2 Å². The molecule has 0 saturated carbocycles. The summed E-state index contributed by atoms with van der Waals surface area (Å²) in [5, 5.41) is 10.5. The van der Waals surface area contributed by atoms with E-state index in [1.54, 1.807) is 17.9 Å². The zero-order valence-corrected chi connectivity index (χ0v) is 22.4. The summed E-state index contributed by atoms with van der Waals surface area (Å²) in [6.45, 7) is 8.24. The fourth-order valence-electron chi connectivity index (χ4n) is 6.19. The first-order chi connectivity index (χ1) is 17.4. The van der Waals surface area contributed by atoms with Crippen LogP contribution in [-0.4, -0.2) is 81.6 Å². The quantitative estimate of drug-likeness (QED) is 0.253. The van der Waals surface area contributed by atoms with Crippen LogP contribution in [0.4, 0.5) is 0 Å². The summed E-state index contributed by atoms with van der Waals surface area (Å²) in [4.78, 5) is 44.5. The second kappa shape index (κ2) is 11.0. The van der Waals surface area contributed by atoms with Gasteiger partial charge in [-0.15, -0.1) is 6.58 Å². The van der Waals surface area contributed by atoms with E-state index in [2.05, 4.69) is 29.4 Å². The molecule has 3 aliphatic rings. The molecule has 2 amide bonds. The molecule has 3 aliphatic heterocycles. The van der Waals surface area contributed by atoms with E-state index < -0.39 is 41.6 Å². The van der Waals surface area contributed by atoms with Crippen LogP contribution >= 0.6 is 15.9 Å². The third kappa shape index (κ3) is 4.29. The van der Waals surface area contributed by atoms with Crippen LogP contribution in [0.3, 0.4) is 0 Å². The Morgan fingerprint density at radius 2 is 2.08 bits per heavy atom. The van der Waals surface area contributed by atoms with E-state index in [-0.39, 0.29) is 29.9 Å². The minimum absolute atomic E-state index is 0.183. The largest absolute Gasteiger partial charge is 0.466 e. The Kier molecular flexibility index (Phi) is 8.22. The standard InChI is InChI=1S/C27H35BrN2O6/c1-4-7-14-29(13-5-2)25(33)23-27-15-18(28)22(36-27)20(26(34)35-6-3)21(27)24(32)30(23)19(16-31)17-11-9-8-10-12-17/h5,8-12,18-23,31H,2,4,6-7,13-16H2,1,3H3/t18?,19-,20-,21+,22-,23?,27?/m1/s1. The van der Waals surface area contributed by atoms with Crippen molar-refractivity contribution in [1.82, 2.24) is 9.80 Å². The van der Waals surface area contributed by atoms with Crippen molar-refractivity contribution >= 4 is 33.7 Å². The van der Waals surface area contributed by atoms with Crippen molar-refractivity contribution in [1.29, 1.82) is 0 Å². The zero-order valence-electron chi connectivity index (χ0n) is 20.8. The van der Waals surface area contributed by atoms with Crippen LogP contribution in [0.2, 0.25) is 0 Å². The van der Waals surface area contributed by atoms with Gasteiger partial charge in [0, 0.05) is 17.9 Å². The molecule has 0 aromatic heterocycles. The lowest BCUT2D eigenvalue weighted by Crippen LogP contribution is -2.57. The van der Waals surface area contributed by atoms with Gasteiger partial charge < -0.3 is 24.4 Å². The van der Waals surface area contributed by atoms with Gasteiger partial charge in [0.15, 0.2) is 0 Å². The number of hydrogen-bond donors (Lipinski definition) is 1. The summed E-state index contributed by atoms with van der Waals surface area (Å²) in [5.74, 6) is -2.79. The van der Waals surface area contributed by atoms with Crippen molar-refractivity contribution in [2.45, 2.75) is 61.7 Å². The number of hydrogen-bond acceptors (Lipinski definition) is 6. The molecule has 9 heteroatoms. The van der Waals surface area contributed by atoms with E-state index in [0.717, 1.165) is 12.8 Å². The molecule has 0 aliphatic carbocycles. The van der Waals surface area contributed by atoms with Gasteiger partial charge in [-0.1, -0.05) is 65.7 Å². The number of unbranched alkanes of at least 4 members (excludes halogenated alkanes) is 1. The highest BCUT2D eigenvalue weighted by Gasteiger charge is 2.77. The van der Waals surface area contributed by atoms with Gasteiger partial charge in [0.2, 0.25) is 11.8 Å². The third-order valence-electron chi connectivity index (χ3n) is 7.66. The Morgan fingerprint density at radius 3 is 2.69 bits per heavy atom. The maximum absolute atomic E-state index is 14.3. The van der Waals surface area contributed by atoms with Crippen LogP contribution in [0.5, 0.6) is 0 Å². The zero-order chi connectivity index (χ0) is 26.0. The smallest absolute Gasteiger partial charge is 0.312 e. The molecule has 1 aromatic rings. The molecule has 1 spiro atoms. The number of benzene rings is 1. The highest BCUT2D eigenvalue weighted by Crippen LogP contribution is 2.61. The Balaban J connectivity index is 1.84. The van der Waals surface area contributed by atoms with Crippen LogP contribution in [-0.2, 0) is 23.9 Å². The molecule has 3 saturated heterocycles. The highest BCUT2D eigenvalue weighted by atomic mass is 79.9. The minimum atomic E-state index is -1.20. The predicted molar refractivity (Wildman–Crippen MR) is 137 cm³/mol. The number of likely N-dealkylation sites (tertiary alicyclic amines) is 1. The van der Waals surface area contributed by atoms with Crippen LogP contribution in [0.1, 0.15) is 44.7 Å². The molecular weight excluding hydrogens is 528 g/mol. The molecule has 3 unspecified atom stereocenters. The SMILES string of the molecule is C=CCN(CCCC)C(=O)C1N([C@H](CO)c2ccccc2)C(=O)[C@@H]2[C@@H](C(=O)OCC)[C@@H]3OC12CC3Br. The van der Waals surface area contributed by atoms with Crippen LogP contribution in [0.25, 0.3) is 0 Å². The molecule has 3 heterocycles. The lowest BCUT2D eigenvalue weighted by atomic mass is 9.70.